The lowest BCUT2D eigenvalue weighted by molar-refractivity contribution is -0.121. The van der Waals surface area contributed by atoms with E-state index >= 15 is 0 Å². The highest BCUT2D eigenvalue weighted by molar-refractivity contribution is 5.84. The smallest absolute Gasteiger partial charge is 0.408 e. The molecule has 0 aliphatic heterocycles. The van der Waals surface area contributed by atoms with E-state index in [2.05, 4.69) is 5.32 Å². The Balaban J connectivity index is 2.58. The van der Waals surface area contributed by atoms with Crippen molar-refractivity contribution in [1.82, 2.24) is 5.32 Å². The third-order valence-corrected chi connectivity index (χ3v) is 3.19. The number of nitrogens with one attached hydrogen (secondary N) is 1. The molecule has 0 aromatic carbocycles. The van der Waals surface area contributed by atoms with E-state index in [0.29, 0.717) is 25.7 Å². The standard InChI is InChI=1S/C13H24N2O4/c1-13(2,3)19-12(18)15-10(11(14)17)8-4-6-9(16)7-5-8/h8-10,16H,4-7H2,1-3H3,(H2,14,17)(H,15,18)/t8?,9?,10-/m0/s1. The van der Waals surface area contributed by atoms with Gasteiger partial charge in [-0.2, -0.15) is 0 Å². The lowest BCUT2D eigenvalue weighted by atomic mass is 9.82. The van der Waals surface area contributed by atoms with Crippen molar-refractivity contribution < 1.29 is 19.4 Å². The largest absolute Gasteiger partial charge is 0.444 e. The van der Waals surface area contributed by atoms with Crippen molar-refractivity contribution in [3.05, 3.63) is 0 Å². The predicted octanol–water partition coefficient (Wildman–Crippen LogP) is 0.916. The molecule has 6 nitrogen and oxygen atoms in total. The van der Waals surface area contributed by atoms with Crippen LogP contribution in [0.2, 0.25) is 0 Å². The molecule has 1 aliphatic carbocycles. The Morgan fingerprint density at radius 3 is 2.21 bits per heavy atom. The number of ether oxygens (including phenoxy) is 1. The Bertz CT molecular complexity index is 330. The highest BCUT2D eigenvalue weighted by Gasteiger charge is 2.32. The van der Waals surface area contributed by atoms with Gasteiger partial charge in [-0.25, -0.2) is 4.79 Å². The van der Waals surface area contributed by atoms with Crippen LogP contribution in [-0.2, 0) is 9.53 Å². The molecule has 0 aromatic rings. The molecule has 1 aliphatic rings. The highest BCUT2D eigenvalue weighted by atomic mass is 16.6. The third-order valence-electron chi connectivity index (χ3n) is 3.19. The molecular formula is C13H24N2O4. The van der Waals surface area contributed by atoms with Gasteiger partial charge in [-0.1, -0.05) is 0 Å². The fourth-order valence-corrected chi connectivity index (χ4v) is 2.29. The molecule has 0 bridgehead atoms. The van der Waals surface area contributed by atoms with Crippen LogP contribution in [-0.4, -0.2) is 34.9 Å². The Morgan fingerprint density at radius 1 is 1.26 bits per heavy atom. The average molecular weight is 272 g/mol. The van der Waals surface area contributed by atoms with Crippen LogP contribution in [0.3, 0.4) is 0 Å². The first-order valence-electron chi connectivity index (χ1n) is 6.66. The van der Waals surface area contributed by atoms with Crippen LogP contribution in [0, 0.1) is 5.92 Å². The van der Waals surface area contributed by atoms with Gasteiger partial charge in [-0.15, -0.1) is 0 Å². The average Bonchev–Trinajstić information content (AvgIpc) is 2.24. The normalized spacial score (nSPS) is 25.5. The van der Waals surface area contributed by atoms with E-state index in [1.807, 2.05) is 0 Å². The van der Waals surface area contributed by atoms with E-state index in [9.17, 15) is 14.7 Å². The van der Waals surface area contributed by atoms with Crippen LogP contribution in [0.15, 0.2) is 0 Å². The topological polar surface area (TPSA) is 102 Å². The molecule has 110 valence electrons. The summed E-state index contributed by atoms with van der Waals surface area (Å²) >= 11 is 0. The SMILES string of the molecule is CC(C)(C)OC(=O)N[C@H](C(N)=O)C1CCC(O)CC1. The summed E-state index contributed by atoms with van der Waals surface area (Å²) < 4.78 is 5.12. The lowest BCUT2D eigenvalue weighted by Gasteiger charge is -2.31. The van der Waals surface area contributed by atoms with E-state index in [4.69, 9.17) is 10.5 Å². The zero-order chi connectivity index (χ0) is 14.6. The Labute approximate surface area is 113 Å². The van der Waals surface area contributed by atoms with Gasteiger partial charge in [0.15, 0.2) is 0 Å². The molecule has 2 amide bonds. The van der Waals surface area contributed by atoms with Gasteiger partial charge < -0.3 is 20.9 Å². The molecule has 1 rings (SSSR count). The van der Waals surface area contributed by atoms with Crippen molar-refractivity contribution in [3.63, 3.8) is 0 Å². The quantitative estimate of drug-likeness (QED) is 0.710. The molecule has 0 heterocycles. The molecule has 0 saturated heterocycles. The second-order valence-electron chi connectivity index (χ2n) is 6.09. The van der Waals surface area contributed by atoms with Gasteiger partial charge in [0.25, 0.3) is 0 Å². The van der Waals surface area contributed by atoms with E-state index in [-0.39, 0.29) is 12.0 Å². The van der Waals surface area contributed by atoms with E-state index in [0.717, 1.165) is 0 Å². The van der Waals surface area contributed by atoms with E-state index in [1.54, 1.807) is 20.8 Å². The van der Waals surface area contributed by atoms with Crippen LogP contribution in [0.4, 0.5) is 4.79 Å². The first-order chi connectivity index (χ1) is 8.69. The third kappa shape index (κ3) is 5.46. The fourth-order valence-electron chi connectivity index (χ4n) is 2.29. The number of rotatable bonds is 3. The van der Waals surface area contributed by atoms with Crippen LogP contribution in [0.25, 0.3) is 0 Å². The molecule has 0 unspecified atom stereocenters. The van der Waals surface area contributed by atoms with Crippen LogP contribution in [0.1, 0.15) is 46.5 Å². The van der Waals surface area contributed by atoms with Crippen LogP contribution >= 0.6 is 0 Å². The minimum atomic E-state index is -0.734. The van der Waals surface area contributed by atoms with Gasteiger partial charge in [-0.3, -0.25) is 4.79 Å². The minimum Gasteiger partial charge on any atom is -0.444 e. The van der Waals surface area contributed by atoms with Crippen molar-refractivity contribution in [2.45, 2.75) is 64.2 Å². The molecule has 0 aromatic heterocycles. The number of alkyl carbamates (subject to hydrolysis) is 1. The Morgan fingerprint density at radius 2 is 1.79 bits per heavy atom. The second kappa shape index (κ2) is 6.23. The summed E-state index contributed by atoms with van der Waals surface area (Å²) in [4.78, 5) is 23.2. The second-order valence-corrected chi connectivity index (χ2v) is 6.09. The molecular weight excluding hydrogens is 248 g/mol. The number of amides is 2. The summed E-state index contributed by atoms with van der Waals surface area (Å²) in [5.41, 5.74) is 4.73. The number of hydrogen-bond donors (Lipinski definition) is 3. The lowest BCUT2D eigenvalue weighted by Crippen LogP contribution is -2.51. The van der Waals surface area contributed by atoms with E-state index in [1.165, 1.54) is 0 Å². The molecule has 1 atom stereocenters. The summed E-state index contributed by atoms with van der Waals surface area (Å²) in [5, 5.41) is 12.0. The first kappa shape index (κ1) is 15.8. The molecule has 19 heavy (non-hydrogen) atoms. The van der Waals surface area contributed by atoms with Gasteiger partial charge in [0.2, 0.25) is 5.91 Å². The van der Waals surface area contributed by atoms with Gasteiger partial charge in [0, 0.05) is 0 Å². The summed E-state index contributed by atoms with van der Waals surface area (Å²) in [7, 11) is 0. The van der Waals surface area contributed by atoms with Gasteiger partial charge in [-0.05, 0) is 52.4 Å². The molecule has 1 saturated carbocycles. The summed E-state index contributed by atoms with van der Waals surface area (Å²) in [6.45, 7) is 5.26. The molecule has 6 heteroatoms. The number of hydrogen-bond acceptors (Lipinski definition) is 4. The molecule has 4 N–H and O–H groups in total. The maximum Gasteiger partial charge on any atom is 0.408 e. The molecule has 0 spiro atoms. The Kier molecular flexibility index (Phi) is 5.17. The zero-order valence-corrected chi connectivity index (χ0v) is 11.8. The first-order valence-corrected chi connectivity index (χ1v) is 6.66. The van der Waals surface area contributed by atoms with Crippen LogP contribution in [0.5, 0.6) is 0 Å². The zero-order valence-electron chi connectivity index (χ0n) is 11.8. The van der Waals surface area contributed by atoms with Crippen molar-refractivity contribution in [2.75, 3.05) is 0 Å². The van der Waals surface area contributed by atoms with Gasteiger partial charge >= 0.3 is 6.09 Å². The molecule has 1 fully saturated rings. The van der Waals surface area contributed by atoms with Gasteiger partial charge in [0.1, 0.15) is 11.6 Å². The number of aliphatic hydroxyl groups excluding tert-OH is 1. The minimum absolute atomic E-state index is 0.0339. The number of nitrogens with two attached hydrogens (primary N) is 1. The molecule has 0 radical (unpaired) electrons. The highest BCUT2D eigenvalue weighted by Crippen LogP contribution is 2.27. The summed E-state index contributed by atoms with van der Waals surface area (Å²) in [6, 6.07) is -0.734. The number of carbonyl (C=O) groups is 2. The van der Waals surface area contributed by atoms with Crippen molar-refractivity contribution in [1.29, 1.82) is 0 Å². The number of primary amides is 1. The maximum atomic E-state index is 11.7. The fraction of sp³-hybridized carbons (Fsp3) is 0.846. The van der Waals surface area contributed by atoms with Crippen molar-refractivity contribution in [2.24, 2.45) is 11.7 Å². The summed E-state index contributed by atoms with van der Waals surface area (Å²) in [5.74, 6) is -0.597. The number of aliphatic hydroxyl groups is 1. The van der Waals surface area contributed by atoms with Gasteiger partial charge in [0.05, 0.1) is 6.10 Å². The van der Waals surface area contributed by atoms with Crippen molar-refractivity contribution in [3.8, 4) is 0 Å². The Hall–Kier alpha value is -1.30. The van der Waals surface area contributed by atoms with Crippen LogP contribution < -0.4 is 11.1 Å². The van der Waals surface area contributed by atoms with Crippen molar-refractivity contribution >= 4 is 12.0 Å². The maximum absolute atomic E-state index is 11.7. The number of carbonyl (C=O) groups excluding carboxylic acids is 2. The monoisotopic (exact) mass is 272 g/mol. The summed E-state index contributed by atoms with van der Waals surface area (Å²) in [6.07, 6.45) is 1.65. The van der Waals surface area contributed by atoms with E-state index < -0.39 is 23.6 Å². The predicted molar refractivity (Wildman–Crippen MR) is 70.3 cm³/mol.